The highest BCUT2D eigenvalue weighted by atomic mass is 16.5. The molecule has 0 spiro atoms. The van der Waals surface area contributed by atoms with E-state index in [0.717, 1.165) is 25.3 Å². The van der Waals surface area contributed by atoms with Gasteiger partial charge < -0.3 is 10.1 Å². The number of aryl methyl sites for hydroxylation is 1. The molecule has 0 radical (unpaired) electrons. The topological polar surface area (TPSA) is 21.3 Å². The van der Waals surface area contributed by atoms with Crippen molar-refractivity contribution >= 4 is 0 Å². The molecule has 0 amide bonds. The maximum Gasteiger partial charge on any atom is 0.127 e. The molecule has 94 valence electrons. The van der Waals surface area contributed by atoms with Crippen molar-refractivity contribution in [1.82, 2.24) is 5.32 Å². The van der Waals surface area contributed by atoms with Gasteiger partial charge in [-0.05, 0) is 32.4 Å². The summed E-state index contributed by atoms with van der Waals surface area (Å²) in [7, 11) is 0. The van der Waals surface area contributed by atoms with Gasteiger partial charge in [0.2, 0.25) is 0 Å². The Balaban J connectivity index is 2.80. The highest BCUT2D eigenvalue weighted by molar-refractivity contribution is 5.41. The van der Waals surface area contributed by atoms with Crippen LogP contribution in [0.3, 0.4) is 0 Å². The first-order chi connectivity index (χ1) is 8.19. The van der Waals surface area contributed by atoms with Crippen molar-refractivity contribution in [1.29, 1.82) is 0 Å². The number of para-hydroxylation sites is 1. The third kappa shape index (κ3) is 4.23. The van der Waals surface area contributed by atoms with Gasteiger partial charge in [-0.1, -0.05) is 37.8 Å². The van der Waals surface area contributed by atoms with Gasteiger partial charge in [0.25, 0.3) is 0 Å². The predicted octanol–water partition coefficient (Wildman–Crippen LogP) is 3.45. The van der Waals surface area contributed by atoms with Crippen molar-refractivity contribution in [3.63, 3.8) is 0 Å². The Labute approximate surface area is 105 Å². The fourth-order valence-corrected chi connectivity index (χ4v) is 1.65. The zero-order valence-corrected chi connectivity index (χ0v) is 11.1. The summed E-state index contributed by atoms with van der Waals surface area (Å²) in [6, 6.07) is 6.26. The summed E-state index contributed by atoms with van der Waals surface area (Å²) in [6.45, 7) is 11.9. The van der Waals surface area contributed by atoms with Crippen LogP contribution >= 0.6 is 0 Å². The number of nitrogens with one attached hydrogen (secondary N) is 1. The van der Waals surface area contributed by atoms with Crippen molar-refractivity contribution in [2.24, 2.45) is 0 Å². The number of benzene rings is 1. The number of hydrogen-bond acceptors (Lipinski definition) is 2. The van der Waals surface area contributed by atoms with Gasteiger partial charge in [0.05, 0.1) is 0 Å². The SMILES string of the molecule is C=CC(C)Oc1c(C)cccc1CNCCC. The van der Waals surface area contributed by atoms with Crippen molar-refractivity contribution < 1.29 is 4.74 Å². The van der Waals surface area contributed by atoms with E-state index in [1.807, 2.05) is 13.0 Å². The standard InChI is InChI=1S/C15H23NO/c1-5-10-16-11-14-9-7-8-12(3)15(14)17-13(4)6-2/h6-9,13,16H,2,5,10-11H2,1,3-4H3. The predicted molar refractivity (Wildman–Crippen MR) is 73.5 cm³/mol. The summed E-state index contributed by atoms with van der Waals surface area (Å²) >= 11 is 0. The van der Waals surface area contributed by atoms with Crippen LogP contribution in [0, 0.1) is 6.92 Å². The Kier molecular flexibility index (Phi) is 5.78. The lowest BCUT2D eigenvalue weighted by Gasteiger charge is -2.17. The zero-order valence-electron chi connectivity index (χ0n) is 11.1. The molecule has 1 aromatic carbocycles. The first-order valence-corrected chi connectivity index (χ1v) is 6.27. The Bertz CT molecular complexity index is 360. The van der Waals surface area contributed by atoms with E-state index in [1.165, 1.54) is 11.1 Å². The van der Waals surface area contributed by atoms with Crippen LogP contribution < -0.4 is 10.1 Å². The largest absolute Gasteiger partial charge is 0.486 e. The molecule has 0 saturated heterocycles. The van der Waals surface area contributed by atoms with E-state index in [0.29, 0.717) is 0 Å². The van der Waals surface area contributed by atoms with Gasteiger partial charge in [-0.3, -0.25) is 0 Å². The van der Waals surface area contributed by atoms with Crippen LogP contribution in [0.5, 0.6) is 5.75 Å². The van der Waals surface area contributed by atoms with Gasteiger partial charge in [0.15, 0.2) is 0 Å². The molecule has 17 heavy (non-hydrogen) atoms. The average Bonchev–Trinajstić information content (AvgIpc) is 2.33. The van der Waals surface area contributed by atoms with E-state index in [2.05, 4.69) is 43.9 Å². The van der Waals surface area contributed by atoms with Crippen molar-refractivity contribution in [3.8, 4) is 5.75 Å². The van der Waals surface area contributed by atoms with Gasteiger partial charge >= 0.3 is 0 Å². The lowest BCUT2D eigenvalue weighted by molar-refractivity contribution is 0.265. The first kappa shape index (κ1) is 13.8. The Morgan fingerprint density at radius 2 is 2.24 bits per heavy atom. The molecular formula is C15H23NO. The molecule has 0 bridgehead atoms. The summed E-state index contributed by atoms with van der Waals surface area (Å²) < 4.78 is 5.90. The normalized spacial score (nSPS) is 12.2. The second-order valence-electron chi connectivity index (χ2n) is 4.30. The molecule has 1 N–H and O–H groups in total. The second kappa shape index (κ2) is 7.13. The van der Waals surface area contributed by atoms with Crippen LogP contribution in [0.4, 0.5) is 0 Å². The molecule has 1 atom stereocenters. The van der Waals surface area contributed by atoms with E-state index >= 15 is 0 Å². The summed E-state index contributed by atoms with van der Waals surface area (Å²) in [6.07, 6.45) is 3.00. The van der Waals surface area contributed by atoms with E-state index in [9.17, 15) is 0 Å². The molecule has 0 aliphatic rings. The van der Waals surface area contributed by atoms with E-state index in [1.54, 1.807) is 0 Å². The minimum absolute atomic E-state index is 0.0426. The molecule has 0 aromatic heterocycles. The summed E-state index contributed by atoms with van der Waals surface area (Å²) in [5, 5.41) is 3.40. The summed E-state index contributed by atoms with van der Waals surface area (Å²) in [5.74, 6) is 0.989. The van der Waals surface area contributed by atoms with Crippen LogP contribution in [0.25, 0.3) is 0 Å². The van der Waals surface area contributed by atoms with Gasteiger partial charge in [-0.2, -0.15) is 0 Å². The molecule has 0 aliphatic heterocycles. The van der Waals surface area contributed by atoms with Crippen molar-refractivity contribution in [2.45, 2.75) is 39.8 Å². The molecule has 1 aromatic rings. The summed E-state index contributed by atoms with van der Waals surface area (Å²) in [4.78, 5) is 0. The molecule has 0 heterocycles. The fourth-order valence-electron chi connectivity index (χ4n) is 1.65. The number of hydrogen-bond donors (Lipinski definition) is 1. The van der Waals surface area contributed by atoms with Gasteiger partial charge in [-0.15, -0.1) is 0 Å². The monoisotopic (exact) mass is 233 g/mol. The maximum atomic E-state index is 5.90. The van der Waals surface area contributed by atoms with Crippen molar-refractivity contribution in [2.75, 3.05) is 6.54 Å². The van der Waals surface area contributed by atoms with Gasteiger partial charge in [0.1, 0.15) is 11.9 Å². The minimum Gasteiger partial charge on any atom is -0.486 e. The Morgan fingerprint density at radius 3 is 2.88 bits per heavy atom. The lowest BCUT2D eigenvalue weighted by Crippen LogP contribution is -2.16. The molecule has 0 saturated carbocycles. The molecular weight excluding hydrogens is 210 g/mol. The third-order valence-corrected chi connectivity index (χ3v) is 2.67. The molecule has 2 nitrogen and oxygen atoms in total. The second-order valence-corrected chi connectivity index (χ2v) is 4.30. The van der Waals surface area contributed by atoms with Crippen LogP contribution in [-0.2, 0) is 6.54 Å². The zero-order chi connectivity index (χ0) is 12.7. The Morgan fingerprint density at radius 1 is 1.47 bits per heavy atom. The first-order valence-electron chi connectivity index (χ1n) is 6.27. The summed E-state index contributed by atoms with van der Waals surface area (Å²) in [5.41, 5.74) is 2.39. The third-order valence-electron chi connectivity index (χ3n) is 2.67. The van der Waals surface area contributed by atoms with Gasteiger partial charge in [0, 0.05) is 12.1 Å². The van der Waals surface area contributed by atoms with E-state index in [-0.39, 0.29) is 6.10 Å². The smallest absolute Gasteiger partial charge is 0.127 e. The number of ether oxygens (including phenoxy) is 1. The van der Waals surface area contributed by atoms with Crippen LogP contribution in [0.1, 0.15) is 31.4 Å². The van der Waals surface area contributed by atoms with Crippen LogP contribution in [0.2, 0.25) is 0 Å². The quantitative estimate of drug-likeness (QED) is 0.575. The molecule has 0 fully saturated rings. The highest BCUT2D eigenvalue weighted by Gasteiger charge is 2.08. The van der Waals surface area contributed by atoms with E-state index in [4.69, 9.17) is 4.74 Å². The minimum atomic E-state index is 0.0426. The number of rotatable bonds is 7. The maximum absolute atomic E-state index is 5.90. The lowest BCUT2D eigenvalue weighted by atomic mass is 10.1. The van der Waals surface area contributed by atoms with Crippen molar-refractivity contribution in [3.05, 3.63) is 42.0 Å². The molecule has 1 rings (SSSR count). The molecule has 1 unspecified atom stereocenters. The highest BCUT2D eigenvalue weighted by Crippen LogP contribution is 2.24. The van der Waals surface area contributed by atoms with Gasteiger partial charge in [-0.25, -0.2) is 0 Å². The molecule has 0 aliphatic carbocycles. The average molecular weight is 233 g/mol. The fraction of sp³-hybridized carbons (Fsp3) is 0.467. The molecule has 2 heteroatoms. The van der Waals surface area contributed by atoms with Crippen LogP contribution in [-0.4, -0.2) is 12.6 Å². The van der Waals surface area contributed by atoms with E-state index < -0.39 is 0 Å². The Hall–Kier alpha value is -1.28. The van der Waals surface area contributed by atoms with Crippen LogP contribution in [0.15, 0.2) is 30.9 Å².